The lowest BCUT2D eigenvalue weighted by Gasteiger charge is -2.07. The van der Waals surface area contributed by atoms with E-state index in [1.807, 2.05) is 42.5 Å². The molecule has 0 radical (unpaired) electrons. The van der Waals surface area contributed by atoms with Gasteiger partial charge in [-0.25, -0.2) is 0 Å². The summed E-state index contributed by atoms with van der Waals surface area (Å²) in [7, 11) is 0.744. The first-order valence-electron chi connectivity index (χ1n) is 6.21. The van der Waals surface area contributed by atoms with Gasteiger partial charge >= 0.3 is 0 Å². The fraction of sp³-hybridized carbons (Fsp3) is 0.250. The zero-order valence-electron chi connectivity index (χ0n) is 11.3. The lowest BCUT2D eigenvalue weighted by molar-refractivity contribution is 0.414. The highest BCUT2D eigenvalue weighted by atomic mass is 32.2. The van der Waals surface area contributed by atoms with Crippen LogP contribution in [0, 0.1) is 6.92 Å². The van der Waals surface area contributed by atoms with E-state index in [0.29, 0.717) is 11.5 Å². The van der Waals surface area contributed by atoms with Crippen molar-refractivity contribution < 1.29 is 8.95 Å². The molecule has 0 saturated heterocycles. The van der Waals surface area contributed by atoms with Crippen LogP contribution in [0.4, 0.5) is 0 Å². The van der Waals surface area contributed by atoms with Crippen LogP contribution in [0.5, 0.6) is 5.75 Å². The van der Waals surface area contributed by atoms with Crippen molar-refractivity contribution in [1.82, 2.24) is 0 Å². The smallest absolute Gasteiger partial charge is 0.119 e. The maximum atomic E-state index is 12.2. The van der Waals surface area contributed by atoms with Crippen LogP contribution in [0.25, 0.3) is 0 Å². The Balaban J connectivity index is 2.03. The van der Waals surface area contributed by atoms with E-state index in [0.717, 1.165) is 16.9 Å². The Morgan fingerprint density at radius 2 is 1.84 bits per heavy atom. The third kappa shape index (κ3) is 3.93. The van der Waals surface area contributed by atoms with Crippen LogP contribution < -0.4 is 4.74 Å². The Labute approximate surface area is 116 Å². The van der Waals surface area contributed by atoms with Crippen LogP contribution in [0.1, 0.15) is 16.7 Å². The number of aryl methyl sites for hydroxylation is 1. The van der Waals surface area contributed by atoms with Gasteiger partial charge in [0.05, 0.1) is 7.11 Å². The van der Waals surface area contributed by atoms with Crippen molar-refractivity contribution >= 4 is 10.8 Å². The van der Waals surface area contributed by atoms with E-state index in [-0.39, 0.29) is 0 Å². The maximum Gasteiger partial charge on any atom is 0.119 e. The van der Waals surface area contributed by atoms with E-state index in [1.54, 1.807) is 7.11 Å². The van der Waals surface area contributed by atoms with Crippen LogP contribution in [0.2, 0.25) is 0 Å². The van der Waals surface area contributed by atoms with Gasteiger partial charge in [-0.2, -0.15) is 0 Å². The highest BCUT2D eigenvalue weighted by Gasteiger charge is 2.06. The molecule has 0 spiro atoms. The fourth-order valence-electron chi connectivity index (χ4n) is 1.94. The van der Waals surface area contributed by atoms with Gasteiger partial charge in [-0.05, 0) is 35.7 Å². The minimum atomic E-state index is -0.898. The molecule has 100 valence electrons. The van der Waals surface area contributed by atoms with Gasteiger partial charge < -0.3 is 4.74 Å². The predicted octanol–water partition coefficient (Wildman–Crippen LogP) is 3.45. The number of hydrogen-bond donors (Lipinski definition) is 0. The normalized spacial score (nSPS) is 12.1. The van der Waals surface area contributed by atoms with Gasteiger partial charge in [0.2, 0.25) is 0 Å². The quantitative estimate of drug-likeness (QED) is 0.834. The van der Waals surface area contributed by atoms with Gasteiger partial charge in [-0.1, -0.05) is 36.4 Å². The lowest BCUT2D eigenvalue weighted by Crippen LogP contribution is -2.01. The van der Waals surface area contributed by atoms with Gasteiger partial charge in [0.25, 0.3) is 0 Å². The van der Waals surface area contributed by atoms with Crippen LogP contribution in [-0.2, 0) is 22.3 Å². The molecule has 0 bridgehead atoms. The van der Waals surface area contributed by atoms with Crippen LogP contribution in [0.3, 0.4) is 0 Å². The summed E-state index contributed by atoms with van der Waals surface area (Å²) in [5, 5.41) is 0. The van der Waals surface area contributed by atoms with E-state index < -0.39 is 10.8 Å². The van der Waals surface area contributed by atoms with E-state index in [1.165, 1.54) is 5.56 Å². The second-order valence-corrected chi connectivity index (χ2v) is 5.96. The van der Waals surface area contributed by atoms with Gasteiger partial charge in [-0.3, -0.25) is 4.21 Å². The third-order valence-corrected chi connectivity index (χ3v) is 4.33. The molecular weight excluding hydrogens is 256 g/mol. The van der Waals surface area contributed by atoms with E-state index in [2.05, 4.69) is 13.0 Å². The van der Waals surface area contributed by atoms with Crippen molar-refractivity contribution in [2.75, 3.05) is 7.11 Å². The van der Waals surface area contributed by atoms with Gasteiger partial charge in [0, 0.05) is 22.3 Å². The minimum Gasteiger partial charge on any atom is -0.497 e. The number of methoxy groups -OCH3 is 1. The Kier molecular flexibility index (Phi) is 4.74. The van der Waals surface area contributed by atoms with Gasteiger partial charge in [-0.15, -0.1) is 0 Å². The summed E-state index contributed by atoms with van der Waals surface area (Å²) in [5.74, 6) is 1.97. The second kappa shape index (κ2) is 6.53. The SMILES string of the molecule is COc1cccc(C[S@@](=O)Cc2ccccc2C)c1. The molecule has 0 heterocycles. The predicted molar refractivity (Wildman–Crippen MR) is 79.7 cm³/mol. The maximum absolute atomic E-state index is 12.2. The number of hydrogen-bond acceptors (Lipinski definition) is 2. The topological polar surface area (TPSA) is 26.3 Å². The summed E-state index contributed by atoms with van der Waals surface area (Å²) >= 11 is 0. The number of rotatable bonds is 5. The molecule has 2 nitrogen and oxygen atoms in total. The summed E-state index contributed by atoms with van der Waals surface area (Å²) in [6, 6.07) is 15.8. The van der Waals surface area contributed by atoms with E-state index >= 15 is 0 Å². The molecular formula is C16H18O2S. The molecule has 0 aliphatic carbocycles. The molecule has 0 aliphatic rings. The molecule has 0 N–H and O–H groups in total. The standard InChI is InChI=1S/C16H18O2S/c1-13-6-3-4-8-15(13)12-19(17)11-14-7-5-9-16(10-14)18-2/h3-10H,11-12H2,1-2H3/t19-/m1/s1. The summed E-state index contributed by atoms with van der Waals surface area (Å²) < 4.78 is 17.4. The minimum absolute atomic E-state index is 0.561. The Morgan fingerprint density at radius 1 is 1.05 bits per heavy atom. The van der Waals surface area contributed by atoms with Crippen LogP contribution >= 0.6 is 0 Å². The molecule has 0 aliphatic heterocycles. The van der Waals surface area contributed by atoms with Crippen molar-refractivity contribution in [3.63, 3.8) is 0 Å². The number of benzene rings is 2. The van der Waals surface area contributed by atoms with Gasteiger partial charge in [0.1, 0.15) is 5.75 Å². The Hall–Kier alpha value is -1.61. The molecule has 2 aromatic rings. The first kappa shape index (κ1) is 13.8. The molecule has 0 amide bonds. The average molecular weight is 274 g/mol. The third-order valence-electron chi connectivity index (χ3n) is 3.04. The van der Waals surface area contributed by atoms with E-state index in [9.17, 15) is 4.21 Å². The zero-order valence-corrected chi connectivity index (χ0v) is 12.1. The zero-order chi connectivity index (χ0) is 13.7. The molecule has 0 saturated carbocycles. The number of ether oxygens (including phenoxy) is 1. The first-order chi connectivity index (χ1) is 9.19. The highest BCUT2D eigenvalue weighted by molar-refractivity contribution is 7.83. The molecule has 0 aromatic heterocycles. The van der Waals surface area contributed by atoms with E-state index in [4.69, 9.17) is 4.74 Å². The van der Waals surface area contributed by atoms with Crippen molar-refractivity contribution in [3.05, 3.63) is 65.2 Å². The second-order valence-electron chi connectivity index (χ2n) is 4.51. The van der Waals surface area contributed by atoms with Crippen molar-refractivity contribution in [2.24, 2.45) is 0 Å². The van der Waals surface area contributed by atoms with Crippen molar-refractivity contribution in [2.45, 2.75) is 18.4 Å². The molecule has 2 aromatic carbocycles. The van der Waals surface area contributed by atoms with Gasteiger partial charge in [0.15, 0.2) is 0 Å². The lowest BCUT2D eigenvalue weighted by atomic mass is 10.1. The highest BCUT2D eigenvalue weighted by Crippen LogP contribution is 2.16. The molecule has 19 heavy (non-hydrogen) atoms. The van der Waals surface area contributed by atoms with Crippen molar-refractivity contribution in [1.29, 1.82) is 0 Å². The summed E-state index contributed by atoms with van der Waals surface area (Å²) in [5.41, 5.74) is 3.40. The fourth-order valence-corrected chi connectivity index (χ4v) is 3.27. The molecule has 0 unspecified atom stereocenters. The largest absolute Gasteiger partial charge is 0.497 e. The molecule has 2 rings (SSSR count). The molecule has 0 fully saturated rings. The monoisotopic (exact) mass is 274 g/mol. The van der Waals surface area contributed by atoms with Crippen LogP contribution in [-0.4, -0.2) is 11.3 Å². The molecule has 3 heteroatoms. The summed E-state index contributed by atoms with van der Waals surface area (Å²) in [6.45, 7) is 2.05. The average Bonchev–Trinajstić information content (AvgIpc) is 2.41. The molecule has 1 atom stereocenters. The van der Waals surface area contributed by atoms with Crippen molar-refractivity contribution in [3.8, 4) is 5.75 Å². The Morgan fingerprint density at radius 3 is 2.58 bits per heavy atom. The summed E-state index contributed by atoms with van der Waals surface area (Å²) in [4.78, 5) is 0. The van der Waals surface area contributed by atoms with Crippen LogP contribution in [0.15, 0.2) is 48.5 Å². The Bertz CT molecular complexity index is 578. The first-order valence-corrected chi connectivity index (χ1v) is 7.70. The summed E-state index contributed by atoms with van der Waals surface area (Å²) in [6.07, 6.45) is 0.